The Morgan fingerprint density at radius 3 is 2.50 bits per heavy atom. The number of aromatic nitrogens is 2. The molecule has 0 radical (unpaired) electrons. The zero-order valence-electron chi connectivity index (χ0n) is 10.1. The number of nitrogens with zero attached hydrogens (tertiary/aromatic N) is 2. The molecule has 0 aliphatic heterocycles. The van der Waals surface area contributed by atoms with Gasteiger partial charge >= 0.3 is 12.1 Å². The molecular formula is C12H10F3N3O2. The van der Waals surface area contributed by atoms with Gasteiger partial charge in [-0.1, -0.05) is 0 Å². The van der Waals surface area contributed by atoms with Crippen molar-refractivity contribution in [2.45, 2.75) is 6.18 Å². The van der Waals surface area contributed by atoms with Crippen molar-refractivity contribution >= 4 is 11.7 Å². The van der Waals surface area contributed by atoms with Crippen molar-refractivity contribution in [1.29, 1.82) is 0 Å². The molecule has 0 saturated carbocycles. The summed E-state index contributed by atoms with van der Waals surface area (Å²) in [4.78, 5) is 11.4. The van der Waals surface area contributed by atoms with Crippen molar-refractivity contribution in [2.75, 3.05) is 12.3 Å². The topological polar surface area (TPSA) is 70.1 Å². The van der Waals surface area contributed by atoms with Gasteiger partial charge in [-0.25, -0.2) is 9.48 Å². The molecule has 2 N–H and O–H groups in total. The minimum atomic E-state index is -4.56. The fraction of sp³-hybridized carbons (Fsp3) is 0.167. The van der Waals surface area contributed by atoms with Crippen molar-refractivity contribution in [3.05, 3.63) is 42.2 Å². The predicted molar refractivity (Wildman–Crippen MR) is 64.3 cm³/mol. The molecule has 0 bridgehead atoms. The van der Waals surface area contributed by atoms with Crippen LogP contribution >= 0.6 is 0 Å². The third kappa shape index (κ3) is 3.50. The third-order valence-electron chi connectivity index (χ3n) is 2.32. The van der Waals surface area contributed by atoms with E-state index in [-0.39, 0.29) is 5.69 Å². The highest BCUT2D eigenvalue weighted by Crippen LogP contribution is 2.16. The highest BCUT2D eigenvalue weighted by molar-refractivity contribution is 5.87. The molecule has 20 heavy (non-hydrogen) atoms. The number of halogens is 3. The molecule has 8 heteroatoms. The lowest BCUT2D eigenvalue weighted by atomic mass is 10.3. The Balaban J connectivity index is 2.09. The van der Waals surface area contributed by atoms with Crippen LogP contribution in [0.25, 0.3) is 5.69 Å². The first-order valence-corrected chi connectivity index (χ1v) is 5.50. The number of rotatable bonds is 3. The number of carbonyl (C=O) groups excluding carboxylic acids is 1. The van der Waals surface area contributed by atoms with E-state index in [2.05, 4.69) is 9.84 Å². The largest absolute Gasteiger partial charge is 0.451 e. The lowest BCUT2D eigenvalue weighted by Crippen LogP contribution is -2.20. The highest BCUT2D eigenvalue weighted by atomic mass is 19.4. The summed E-state index contributed by atoms with van der Waals surface area (Å²) in [7, 11) is 0. The van der Waals surface area contributed by atoms with Gasteiger partial charge in [0.1, 0.15) is 0 Å². The van der Waals surface area contributed by atoms with Crippen LogP contribution in [-0.4, -0.2) is 28.5 Å². The van der Waals surface area contributed by atoms with Crippen molar-refractivity contribution in [1.82, 2.24) is 9.78 Å². The molecular weight excluding hydrogens is 275 g/mol. The van der Waals surface area contributed by atoms with Crippen molar-refractivity contribution < 1.29 is 22.7 Å². The third-order valence-corrected chi connectivity index (χ3v) is 2.32. The number of benzene rings is 1. The van der Waals surface area contributed by atoms with Crippen LogP contribution in [0.3, 0.4) is 0 Å². The quantitative estimate of drug-likeness (QED) is 0.693. The van der Waals surface area contributed by atoms with Gasteiger partial charge in [-0.3, -0.25) is 0 Å². The smallest absolute Gasteiger partial charge is 0.422 e. The van der Waals surface area contributed by atoms with E-state index in [0.29, 0.717) is 11.4 Å². The van der Waals surface area contributed by atoms with Crippen LogP contribution < -0.4 is 5.73 Å². The maximum absolute atomic E-state index is 11.9. The van der Waals surface area contributed by atoms with Gasteiger partial charge < -0.3 is 10.5 Å². The summed E-state index contributed by atoms with van der Waals surface area (Å²) in [5, 5.41) is 3.84. The van der Waals surface area contributed by atoms with Gasteiger partial charge in [0, 0.05) is 11.9 Å². The molecule has 1 aromatic carbocycles. The number of alkyl halides is 3. The summed E-state index contributed by atoms with van der Waals surface area (Å²) in [6, 6.07) is 7.87. The molecule has 2 aromatic rings. The van der Waals surface area contributed by atoms with Gasteiger partial charge in [0.15, 0.2) is 12.3 Å². The number of hydrogen-bond acceptors (Lipinski definition) is 4. The van der Waals surface area contributed by atoms with E-state index in [4.69, 9.17) is 5.73 Å². The lowest BCUT2D eigenvalue weighted by Gasteiger charge is -2.06. The molecule has 0 unspecified atom stereocenters. The second kappa shape index (κ2) is 5.24. The molecule has 1 aromatic heterocycles. The highest BCUT2D eigenvalue weighted by Gasteiger charge is 2.30. The van der Waals surface area contributed by atoms with Crippen LogP contribution in [0.2, 0.25) is 0 Å². The zero-order chi connectivity index (χ0) is 14.8. The summed E-state index contributed by atoms with van der Waals surface area (Å²) in [6.45, 7) is -1.64. The molecule has 0 spiro atoms. The Kier molecular flexibility index (Phi) is 3.64. The van der Waals surface area contributed by atoms with E-state index in [1.54, 1.807) is 24.3 Å². The Morgan fingerprint density at radius 1 is 1.25 bits per heavy atom. The van der Waals surface area contributed by atoms with Gasteiger partial charge in [0.05, 0.1) is 5.69 Å². The second-order valence-electron chi connectivity index (χ2n) is 3.93. The zero-order valence-corrected chi connectivity index (χ0v) is 10.1. The van der Waals surface area contributed by atoms with E-state index in [0.717, 1.165) is 0 Å². The number of ether oxygens (including phenoxy) is 1. The first-order chi connectivity index (χ1) is 9.35. The number of hydrogen-bond donors (Lipinski definition) is 1. The predicted octanol–water partition coefficient (Wildman–Crippen LogP) is 2.17. The van der Waals surface area contributed by atoms with Gasteiger partial charge in [-0.2, -0.15) is 18.3 Å². The van der Waals surface area contributed by atoms with E-state index >= 15 is 0 Å². The number of nitrogens with two attached hydrogens (primary N) is 1. The minimum absolute atomic E-state index is 0.203. The van der Waals surface area contributed by atoms with Crippen LogP contribution in [0.15, 0.2) is 36.5 Å². The SMILES string of the molecule is Nc1ccc(-n2ccc(C(=O)OCC(F)(F)F)n2)cc1. The van der Waals surface area contributed by atoms with Crippen LogP contribution in [0.4, 0.5) is 18.9 Å². The maximum Gasteiger partial charge on any atom is 0.422 e. The summed E-state index contributed by atoms with van der Waals surface area (Å²) in [6.07, 6.45) is -3.12. The average molecular weight is 285 g/mol. The van der Waals surface area contributed by atoms with Crippen LogP contribution in [0, 0.1) is 0 Å². The molecule has 0 amide bonds. The molecule has 1 heterocycles. The fourth-order valence-electron chi connectivity index (χ4n) is 1.42. The van der Waals surface area contributed by atoms with Gasteiger partial charge in [0.25, 0.3) is 0 Å². The van der Waals surface area contributed by atoms with Crippen LogP contribution in [0.5, 0.6) is 0 Å². The van der Waals surface area contributed by atoms with Crippen molar-refractivity contribution in [2.24, 2.45) is 0 Å². The van der Waals surface area contributed by atoms with E-state index in [9.17, 15) is 18.0 Å². The summed E-state index contributed by atoms with van der Waals surface area (Å²) in [5.74, 6) is -1.13. The van der Waals surface area contributed by atoms with Gasteiger partial charge in [-0.15, -0.1) is 0 Å². The van der Waals surface area contributed by atoms with Gasteiger partial charge in [-0.05, 0) is 30.3 Å². The Morgan fingerprint density at radius 2 is 1.90 bits per heavy atom. The average Bonchev–Trinajstić information content (AvgIpc) is 2.85. The first kappa shape index (κ1) is 13.9. The molecule has 0 aliphatic rings. The Bertz CT molecular complexity index is 605. The summed E-state index contributed by atoms with van der Waals surface area (Å²) in [5.41, 5.74) is 6.51. The van der Waals surface area contributed by atoms with E-state index in [1.807, 2.05) is 0 Å². The van der Waals surface area contributed by atoms with Crippen LogP contribution in [-0.2, 0) is 4.74 Å². The fourth-order valence-corrected chi connectivity index (χ4v) is 1.42. The molecule has 0 aliphatic carbocycles. The monoisotopic (exact) mass is 285 g/mol. The second-order valence-corrected chi connectivity index (χ2v) is 3.93. The molecule has 2 rings (SSSR count). The summed E-state index contributed by atoms with van der Waals surface area (Å²) >= 11 is 0. The van der Waals surface area contributed by atoms with Gasteiger partial charge in [0.2, 0.25) is 0 Å². The minimum Gasteiger partial charge on any atom is -0.451 e. The molecule has 0 fully saturated rings. The van der Waals surface area contributed by atoms with Crippen molar-refractivity contribution in [3.63, 3.8) is 0 Å². The summed E-state index contributed by atoms with van der Waals surface area (Å²) < 4.78 is 41.2. The lowest BCUT2D eigenvalue weighted by molar-refractivity contribution is -0.161. The standard InChI is InChI=1S/C12H10F3N3O2/c13-12(14,15)7-20-11(19)10-5-6-18(17-10)9-3-1-8(16)2-4-9/h1-6H,7,16H2. The molecule has 5 nitrogen and oxygen atoms in total. The number of esters is 1. The molecule has 0 atom stereocenters. The normalized spacial score (nSPS) is 11.3. The maximum atomic E-state index is 11.9. The number of nitrogen functional groups attached to an aromatic ring is 1. The Labute approximate surface area is 111 Å². The van der Waals surface area contributed by atoms with Crippen molar-refractivity contribution in [3.8, 4) is 5.69 Å². The number of carbonyl (C=O) groups is 1. The van der Waals surface area contributed by atoms with Crippen LogP contribution in [0.1, 0.15) is 10.5 Å². The molecule has 106 valence electrons. The Hall–Kier alpha value is -2.51. The number of anilines is 1. The van der Waals surface area contributed by atoms with E-state index in [1.165, 1.54) is 16.9 Å². The first-order valence-electron chi connectivity index (χ1n) is 5.50. The molecule has 0 saturated heterocycles. The van der Waals surface area contributed by atoms with E-state index < -0.39 is 18.8 Å².